The van der Waals surface area contributed by atoms with Crippen LogP contribution in [0.3, 0.4) is 0 Å². The van der Waals surface area contributed by atoms with Gasteiger partial charge in [0.15, 0.2) is 6.61 Å². The fraction of sp³-hybridized carbons (Fsp3) is 0.250. The Morgan fingerprint density at radius 1 is 1.00 bits per heavy atom. The summed E-state index contributed by atoms with van der Waals surface area (Å²) in [6.45, 7) is 5.03. The molecule has 0 saturated heterocycles. The zero-order valence-electron chi connectivity index (χ0n) is 15.5. The van der Waals surface area contributed by atoms with Crippen LogP contribution in [0.2, 0.25) is 0 Å². The van der Waals surface area contributed by atoms with Crippen LogP contribution in [0.1, 0.15) is 28.4 Å². The van der Waals surface area contributed by atoms with Gasteiger partial charge in [0.2, 0.25) is 0 Å². The lowest BCUT2D eigenvalue weighted by Gasteiger charge is -2.15. The molecule has 142 valence electrons. The molecule has 0 saturated carbocycles. The topological polar surface area (TPSA) is 96.5 Å². The second-order valence-electron chi connectivity index (χ2n) is 6.16. The van der Waals surface area contributed by atoms with Crippen LogP contribution >= 0.6 is 0 Å². The largest absolute Gasteiger partial charge is 0.483 e. The third-order valence-corrected chi connectivity index (χ3v) is 3.80. The van der Waals surface area contributed by atoms with Gasteiger partial charge in [0.1, 0.15) is 11.8 Å². The van der Waals surface area contributed by atoms with Crippen molar-refractivity contribution in [3.05, 3.63) is 65.2 Å². The van der Waals surface area contributed by atoms with E-state index in [2.05, 4.69) is 16.2 Å². The highest BCUT2D eigenvalue weighted by Crippen LogP contribution is 2.15. The minimum atomic E-state index is -0.824. The van der Waals surface area contributed by atoms with Crippen molar-refractivity contribution in [3.8, 4) is 5.75 Å². The molecule has 1 atom stereocenters. The zero-order valence-corrected chi connectivity index (χ0v) is 15.5. The Morgan fingerprint density at radius 2 is 1.74 bits per heavy atom. The van der Waals surface area contributed by atoms with E-state index < -0.39 is 17.9 Å². The Balaban J connectivity index is 1.76. The molecule has 7 nitrogen and oxygen atoms in total. The van der Waals surface area contributed by atoms with E-state index in [1.165, 1.54) is 6.92 Å². The third-order valence-electron chi connectivity index (χ3n) is 3.80. The summed E-state index contributed by atoms with van der Waals surface area (Å²) in [5.74, 6) is -0.822. The molecule has 27 heavy (non-hydrogen) atoms. The first-order valence-corrected chi connectivity index (χ1v) is 8.51. The lowest BCUT2D eigenvalue weighted by atomic mass is 10.1. The number of aryl methyl sites for hydroxylation is 2. The molecule has 0 aromatic heterocycles. The molecule has 7 heteroatoms. The van der Waals surface area contributed by atoms with Crippen LogP contribution in [0, 0.1) is 13.8 Å². The number of hydrazine groups is 1. The number of hydrogen-bond acceptors (Lipinski definition) is 4. The van der Waals surface area contributed by atoms with E-state index in [1.54, 1.807) is 30.3 Å². The maximum absolute atomic E-state index is 12.1. The van der Waals surface area contributed by atoms with E-state index in [0.717, 1.165) is 11.1 Å². The second-order valence-corrected chi connectivity index (χ2v) is 6.16. The Morgan fingerprint density at radius 3 is 2.44 bits per heavy atom. The number of rotatable bonds is 6. The van der Waals surface area contributed by atoms with Gasteiger partial charge in [-0.3, -0.25) is 25.2 Å². The third kappa shape index (κ3) is 6.14. The Bertz CT molecular complexity index is 835. The molecule has 0 aliphatic carbocycles. The summed E-state index contributed by atoms with van der Waals surface area (Å²) < 4.78 is 5.39. The van der Waals surface area contributed by atoms with Gasteiger partial charge < -0.3 is 10.1 Å². The molecule has 0 spiro atoms. The fourth-order valence-electron chi connectivity index (χ4n) is 2.27. The van der Waals surface area contributed by atoms with Crippen molar-refractivity contribution in [2.24, 2.45) is 0 Å². The summed E-state index contributed by atoms with van der Waals surface area (Å²) in [6, 6.07) is 13.5. The fourth-order valence-corrected chi connectivity index (χ4v) is 2.27. The van der Waals surface area contributed by atoms with E-state index >= 15 is 0 Å². The van der Waals surface area contributed by atoms with Crippen LogP contribution in [0.4, 0.5) is 0 Å². The molecule has 2 rings (SSSR count). The Kier molecular flexibility index (Phi) is 6.93. The van der Waals surface area contributed by atoms with E-state index in [9.17, 15) is 14.4 Å². The van der Waals surface area contributed by atoms with Crippen LogP contribution in [0.5, 0.6) is 5.75 Å². The predicted octanol–water partition coefficient (Wildman–Crippen LogP) is 1.65. The quantitative estimate of drug-likeness (QED) is 0.675. The minimum Gasteiger partial charge on any atom is -0.483 e. The normalized spacial score (nSPS) is 11.2. The summed E-state index contributed by atoms with van der Waals surface area (Å²) in [5.41, 5.74) is 6.84. The number of amides is 3. The smallest absolute Gasteiger partial charge is 0.276 e. The number of nitrogens with one attached hydrogen (secondary N) is 3. The summed E-state index contributed by atoms with van der Waals surface area (Å²) in [4.78, 5) is 36.0. The molecule has 0 heterocycles. The molecule has 3 N–H and O–H groups in total. The highest BCUT2D eigenvalue weighted by Gasteiger charge is 2.17. The molecular formula is C20H23N3O4. The average molecular weight is 369 g/mol. The average Bonchev–Trinajstić information content (AvgIpc) is 2.65. The summed E-state index contributed by atoms with van der Waals surface area (Å²) in [7, 11) is 0. The summed E-state index contributed by atoms with van der Waals surface area (Å²) in [5, 5.41) is 2.58. The van der Waals surface area contributed by atoms with Gasteiger partial charge in [-0.1, -0.05) is 35.9 Å². The van der Waals surface area contributed by atoms with E-state index in [1.807, 2.05) is 32.0 Å². The lowest BCUT2D eigenvalue weighted by Crippen LogP contribution is -2.52. The van der Waals surface area contributed by atoms with E-state index in [4.69, 9.17) is 4.74 Å². The van der Waals surface area contributed by atoms with Crippen LogP contribution in [0.15, 0.2) is 48.5 Å². The van der Waals surface area contributed by atoms with Crippen LogP contribution in [-0.4, -0.2) is 30.4 Å². The zero-order chi connectivity index (χ0) is 19.8. The minimum absolute atomic E-state index is 0.241. The van der Waals surface area contributed by atoms with Crippen molar-refractivity contribution in [2.75, 3.05) is 6.61 Å². The monoisotopic (exact) mass is 369 g/mol. The van der Waals surface area contributed by atoms with Gasteiger partial charge >= 0.3 is 0 Å². The summed E-state index contributed by atoms with van der Waals surface area (Å²) in [6.07, 6.45) is 0. The number of carbonyl (C=O) groups is 3. The standard InChI is InChI=1S/C20H23N3O4/c1-13-7-6-9-16(11-13)20(26)21-15(3)19(25)23-22-18(24)12-27-17-10-5-4-8-14(17)2/h4-11,15H,12H2,1-3H3,(H,21,26)(H,22,24)(H,23,25)/t15-/m0/s1. The maximum atomic E-state index is 12.1. The molecular weight excluding hydrogens is 346 g/mol. The predicted molar refractivity (Wildman–Crippen MR) is 101 cm³/mol. The Hall–Kier alpha value is -3.35. The van der Waals surface area contributed by atoms with Gasteiger partial charge in [0, 0.05) is 5.56 Å². The van der Waals surface area contributed by atoms with Crippen LogP contribution < -0.4 is 20.9 Å². The van der Waals surface area contributed by atoms with Crippen molar-refractivity contribution in [1.82, 2.24) is 16.2 Å². The highest BCUT2D eigenvalue weighted by molar-refractivity contribution is 5.97. The molecule has 0 fully saturated rings. The molecule has 0 radical (unpaired) electrons. The molecule has 0 aliphatic heterocycles. The molecule has 0 unspecified atom stereocenters. The van der Waals surface area contributed by atoms with Crippen molar-refractivity contribution < 1.29 is 19.1 Å². The number of para-hydroxylation sites is 1. The van der Waals surface area contributed by atoms with Gasteiger partial charge in [-0.2, -0.15) is 0 Å². The second kappa shape index (κ2) is 9.38. The van der Waals surface area contributed by atoms with Crippen molar-refractivity contribution in [3.63, 3.8) is 0 Å². The maximum Gasteiger partial charge on any atom is 0.276 e. The van der Waals surface area contributed by atoms with Gasteiger partial charge in [-0.15, -0.1) is 0 Å². The first-order valence-electron chi connectivity index (χ1n) is 8.51. The first kappa shape index (κ1) is 20.0. The van der Waals surface area contributed by atoms with Gasteiger partial charge in [0.05, 0.1) is 0 Å². The van der Waals surface area contributed by atoms with Gasteiger partial charge in [0.25, 0.3) is 17.7 Å². The van der Waals surface area contributed by atoms with E-state index in [0.29, 0.717) is 11.3 Å². The number of benzene rings is 2. The van der Waals surface area contributed by atoms with Gasteiger partial charge in [-0.25, -0.2) is 0 Å². The molecule has 0 bridgehead atoms. The SMILES string of the molecule is Cc1cccc(C(=O)N[C@@H](C)C(=O)NNC(=O)COc2ccccc2C)c1. The Labute approximate surface area is 158 Å². The van der Waals surface area contributed by atoms with Crippen LogP contribution in [0.25, 0.3) is 0 Å². The molecule has 2 aromatic rings. The van der Waals surface area contributed by atoms with Crippen molar-refractivity contribution >= 4 is 17.7 Å². The summed E-state index contributed by atoms with van der Waals surface area (Å²) >= 11 is 0. The molecule has 2 aromatic carbocycles. The number of ether oxygens (including phenoxy) is 1. The molecule has 0 aliphatic rings. The van der Waals surface area contributed by atoms with Gasteiger partial charge in [-0.05, 0) is 44.5 Å². The number of carbonyl (C=O) groups excluding carboxylic acids is 3. The van der Waals surface area contributed by atoms with Crippen molar-refractivity contribution in [2.45, 2.75) is 26.8 Å². The van der Waals surface area contributed by atoms with Crippen molar-refractivity contribution in [1.29, 1.82) is 0 Å². The molecule has 3 amide bonds. The number of hydrogen-bond donors (Lipinski definition) is 3. The van der Waals surface area contributed by atoms with E-state index in [-0.39, 0.29) is 12.5 Å². The lowest BCUT2D eigenvalue weighted by molar-refractivity contribution is -0.130. The highest BCUT2D eigenvalue weighted by atomic mass is 16.5. The first-order chi connectivity index (χ1) is 12.9. The van der Waals surface area contributed by atoms with Crippen LogP contribution in [-0.2, 0) is 9.59 Å².